The maximum absolute atomic E-state index is 5.52. The first kappa shape index (κ1) is 14.6. The Labute approximate surface area is 115 Å². The predicted octanol–water partition coefficient (Wildman–Crippen LogP) is 0.0570. The standard InChI is InChI=1S/C13H27N5O/c1-18-11-4-3-5-12(18)9-10(8-11)16-13(17-14)15-6-7-19-2/h10-12H,3-9,14H2,1-2H3,(H2,15,16,17). The first-order valence-electron chi connectivity index (χ1n) is 7.23. The highest BCUT2D eigenvalue weighted by molar-refractivity contribution is 5.79. The molecule has 2 heterocycles. The van der Waals surface area contributed by atoms with Crippen LogP contribution in [0.5, 0.6) is 0 Å². The summed E-state index contributed by atoms with van der Waals surface area (Å²) in [6.07, 6.45) is 6.36. The number of fused-ring (bicyclic) bond motifs is 2. The van der Waals surface area contributed by atoms with E-state index >= 15 is 0 Å². The first-order valence-corrected chi connectivity index (χ1v) is 7.23. The number of hydrogen-bond donors (Lipinski definition) is 3. The largest absolute Gasteiger partial charge is 0.383 e. The van der Waals surface area contributed by atoms with Gasteiger partial charge in [0.05, 0.1) is 13.2 Å². The number of hydrogen-bond acceptors (Lipinski definition) is 4. The molecule has 2 saturated heterocycles. The third-order valence-electron chi connectivity index (χ3n) is 4.38. The number of ether oxygens (including phenoxy) is 1. The molecule has 0 radical (unpaired) electrons. The molecule has 0 spiro atoms. The summed E-state index contributed by atoms with van der Waals surface area (Å²) < 4.78 is 4.99. The van der Waals surface area contributed by atoms with Crippen LogP contribution in [0.2, 0.25) is 0 Å². The number of hydrazine groups is 1. The van der Waals surface area contributed by atoms with Crippen molar-refractivity contribution in [1.29, 1.82) is 0 Å². The lowest BCUT2D eigenvalue weighted by molar-refractivity contribution is 0.0526. The van der Waals surface area contributed by atoms with Crippen LogP contribution in [0.3, 0.4) is 0 Å². The second-order valence-electron chi connectivity index (χ2n) is 5.58. The van der Waals surface area contributed by atoms with E-state index in [4.69, 9.17) is 10.6 Å². The average molecular weight is 269 g/mol. The summed E-state index contributed by atoms with van der Waals surface area (Å²) in [5.41, 5.74) is 2.65. The molecule has 0 aromatic carbocycles. The van der Waals surface area contributed by atoms with Gasteiger partial charge in [-0.15, -0.1) is 0 Å². The lowest BCUT2D eigenvalue weighted by atomic mass is 9.82. The molecule has 19 heavy (non-hydrogen) atoms. The number of nitrogens with one attached hydrogen (secondary N) is 2. The van der Waals surface area contributed by atoms with Crippen LogP contribution in [0.1, 0.15) is 32.1 Å². The smallest absolute Gasteiger partial charge is 0.206 e. The van der Waals surface area contributed by atoms with Crippen molar-refractivity contribution in [3.63, 3.8) is 0 Å². The Bertz CT molecular complexity index is 295. The van der Waals surface area contributed by atoms with Crippen LogP contribution < -0.4 is 16.6 Å². The van der Waals surface area contributed by atoms with Gasteiger partial charge in [-0.3, -0.25) is 5.43 Å². The topological polar surface area (TPSA) is 74.9 Å². The third kappa shape index (κ3) is 3.81. The fourth-order valence-corrected chi connectivity index (χ4v) is 3.31. The van der Waals surface area contributed by atoms with Crippen molar-refractivity contribution < 1.29 is 4.74 Å². The van der Waals surface area contributed by atoms with E-state index in [1.807, 2.05) is 0 Å². The Kier molecular flexibility index (Phi) is 5.42. The van der Waals surface area contributed by atoms with Crippen molar-refractivity contribution >= 4 is 5.96 Å². The summed E-state index contributed by atoms with van der Waals surface area (Å²) in [5.74, 6) is 6.21. The quantitative estimate of drug-likeness (QED) is 0.221. The molecule has 110 valence electrons. The monoisotopic (exact) mass is 269 g/mol. The molecule has 2 bridgehead atoms. The van der Waals surface area contributed by atoms with E-state index in [0.29, 0.717) is 37.2 Å². The Hall–Kier alpha value is -0.850. The minimum Gasteiger partial charge on any atom is -0.383 e. The maximum Gasteiger partial charge on any atom is 0.206 e. The van der Waals surface area contributed by atoms with Crippen molar-refractivity contribution in [2.45, 2.75) is 50.2 Å². The molecular weight excluding hydrogens is 242 g/mol. The van der Waals surface area contributed by atoms with Crippen LogP contribution in [-0.4, -0.2) is 56.3 Å². The summed E-state index contributed by atoms with van der Waals surface area (Å²) in [6.45, 7) is 1.24. The van der Waals surface area contributed by atoms with Gasteiger partial charge in [-0.1, -0.05) is 6.42 Å². The van der Waals surface area contributed by atoms with Crippen LogP contribution in [-0.2, 0) is 4.74 Å². The molecule has 0 saturated carbocycles. The molecular formula is C13H27N5O. The fourth-order valence-electron chi connectivity index (χ4n) is 3.31. The molecule has 0 aromatic heterocycles. The van der Waals surface area contributed by atoms with Crippen molar-refractivity contribution in [3.8, 4) is 0 Å². The van der Waals surface area contributed by atoms with Gasteiger partial charge in [0.1, 0.15) is 0 Å². The molecule has 2 aliphatic heterocycles. The fraction of sp³-hybridized carbons (Fsp3) is 0.923. The van der Waals surface area contributed by atoms with Gasteiger partial charge in [0, 0.05) is 25.2 Å². The van der Waals surface area contributed by atoms with Gasteiger partial charge in [0.25, 0.3) is 0 Å². The lowest BCUT2D eigenvalue weighted by Gasteiger charge is -2.47. The minimum atomic E-state index is 0.476. The zero-order chi connectivity index (χ0) is 13.7. The molecule has 2 aliphatic rings. The van der Waals surface area contributed by atoms with E-state index in [2.05, 4.69) is 27.7 Å². The van der Waals surface area contributed by atoms with E-state index in [1.165, 1.54) is 32.1 Å². The summed E-state index contributed by atoms with van der Waals surface area (Å²) in [4.78, 5) is 6.92. The highest BCUT2D eigenvalue weighted by Gasteiger charge is 2.36. The molecule has 6 heteroatoms. The van der Waals surface area contributed by atoms with Crippen molar-refractivity contribution in [1.82, 2.24) is 15.6 Å². The Morgan fingerprint density at radius 1 is 1.37 bits per heavy atom. The summed E-state index contributed by atoms with van der Waals surface area (Å²) in [6, 6.07) is 1.90. The van der Waals surface area contributed by atoms with Crippen molar-refractivity contribution in [2.24, 2.45) is 10.8 Å². The molecule has 2 fully saturated rings. The minimum absolute atomic E-state index is 0.476. The summed E-state index contributed by atoms with van der Waals surface area (Å²) in [7, 11) is 3.94. The zero-order valence-electron chi connectivity index (χ0n) is 12.1. The Morgan fingerprint density at radius 3 is 2.63 bits per heavy atom. The molecule has 2 atom stereocenters. The second kappa shape index (κ2) is 7.07. The van der Waals surface area contributed by atoms with Gasteiger partial charge >= 0.3 is 0 Å². The lowest BCUT2D eigenvalue weighted by Crippen LogP contribution is -2.57. The molecule has 2 rings (SSSR count). The van der Waals surface area contributed by atoms with Gasteiger partial charge in [-0.05, 0) is 32.7 Å². The second-order valence-corrected chi connectivity index (χ2v) is 5.58. The van der Waals surface area contributed by atoms with Crippen LogP contribution in [0.25, 0.3) is 0 Å². The Balaban J connectivity index is 1.86. The van der Waals surface area contributed by atoms with E-state index in [0.717, 1.165) is 0 Å². The molecule has 4 N–H and O–H groups in total. The highest BCUT2D eigenvalue weighted by atomic mass is 16.5. The van der Waals surface area contributed by atoms with E-state index < -0.39 is 0 Å². The summed E-state index contributed by atoms with van der Waals surface area (Å²) >= 11 is 0. The molecule has 0 aliphatic carbocycles. The number of guanidine groups is 1. The van der Waals surface area contributed by atoms with E-state index in [1.54, 1.807) is 7.11 Å². The number of nitrogens with zero attached hydrogens (tertiary/aromatic N) is 2. The number of nitrogens with two attached hydrogens (primary N) is 1. The van der Waals surface area contributed by atoms with Crippen molar-refractivity contribution in [2.75, 3.05) is 27.3 Å². The van der Waals surface area contributed by atoms with Crippen LogP contribution in [0.4, 0.5) is 0 Å². The van der Waals surface area contributed by atoms with Gasteiger partial charge < -0.3 is 15.0 Å². The van der Waals surface area contributed by atoms with Gasteiger partial charge in [-0.2, -0.15) is 0 Å². The van der Waals surface area contributed by atoms with Gasteiger partial charge in [-0.25, -0.2) is 10.8 Å². The SMILES string of the molecule is COCCN=C(NN)NC1CC2CCCC(C1)N2C. The van der Waals surface area contributed by atoms with Crippen LogP contribution in [0.15, 0.2) is 4.99 Å². The van der Waals surface area contributed by atoms with E-state index in [-0.39, 0.29) is 0 Å². The molecule has 2 unspecified atom stereocenters. The maximum atomic E-state index is 5.52. The Morgan fingerprint density at radius 2 is 2.05 bits per heavy atom. The number of piperidine rings is 2. The zero-order valence-corrected chi connectivity index (χ0v) is 12.1. The molecule has 0 amide bonds. The average Bonchev–Trinajstić information content (AvgIpc) is 2.39. The van der Waals surface area contributed by atoms with Crippen LogP contribution in [0, 0.1) is 0 Å². The number of rotatable bonds is 4. The number of aliphatic imine (C=N–C) groups is 1. The first-order chi connectivity index (χ1) is 9.24. The molecule has 6 nitrogen and oxygen atoms in total. The highest BCUT2D eigenvalue weighted by Crippen LogP contribution is 2.32. The third-order valence-corrected chi connectivity index (χ3v) is 4.38. The van der Waals surface area contributed by atoms with Gasteiger partial charge in [0.2, 0.25) is 5.96 Å². The van der Waals surface area contributed by atoms with Crippen LogP contribution >= 0.6 is 0 Å². The number of methoxy groups -OCH3 is 1. The summed E-state index contributed by atoms with van der Waals surface area (Å²) in [5, 5.41) is 3.45. The van der Waals surface area contributed by atoms with E-state index in [9.17, 15) is 0 Å². The van der Waals surface area contributed by atoms with Gasteiger partial charge in [0.15, 0.2) is 0 Å². The predicted molar refractivity (Wildman–Crippen MR) is 76.8 cm³/mol. The normalized spacial score (nSPS) is 32.2. The van der Waals surface area contributed by atoms with Crippen molar-refractivity contribution in [3.05, 3.63) is 0 Å². The molecule has 0 aromatic rings.